The number of hydrogen-bond acceptors (Lipinski definition) is 3. The zero-order valence-corrected chi connectivity index (χ0v) is 9.52. The molecule has 1 saturated heterocycles. The maximum Gasteiger partial charge on any atom is 0.497 e. The Balaban J connectivity index is 2.44. The van der Waals surface area contributed by atoms with Crippen molar-refractivity contribution in [3.05, 3.63) is 28.5 Å². The van der Waals surface area contributed by atoms with Gasteiger partial charge in [-0.3, -0.25) is 4.79 Å². The molecule has 1 aromatic rings. The summed E-state index contributed by atoms with van der Waals surface area (Å²) in [4.78, 5) is 11.0. The van der Waals surface area contributed by atoms with Crippen molar-refractivity contribution >= 4 is 41.0 Å². The molecular formula is C9H6BCl2FO3. The summed E-state index contributed by atoms with van der Waals surface area (Å²) in [5.41, 5.74) is 0.171. The van der Waals surface area contributed by atoms with Crippen molar-refractivity contribution < 1.29 is 18.5 Å². The lowest BCUT2D eigenvalue weighted by atomic mass is 9.78. The van der Waals surface area contributed by atoms with Crippen LogP contribution in [0.25, 0.3) is 0 Å². The first-order valence-corrected chi connectivity index (χ1v) is 5.27. The zero-order valence-electron chi connectivity index (χ0n) is 8.00. The van der Waals surface area contributed by atoms with E-state index in [0.29, 0.717) is 13.2 Å². The van der Waals surface area contributed by atoms with Crippen molar-refractivity contribution in [2.45, 2.75) is 0 Å². The van der Waals surface area contributed by atoms with Gasteiger partial charge in [-0.15, -0.1) is 0 Å². The number of hydrogen-bond donors (Lipinski definition) is 0. The number of rotatable bonds is 2. The fourth-order valence-corrected chi connectivity index (χ4v) is 1.88. The number of carbonyl (C=O) groups excluding carboxylic acids is 1. The van der Waals surface area contributed by atoms with Gasteiger partial charge in [-0.05, 0) is 23.7 Å². The molecule has 84 valence electrons. The summed E-state index contributed by atoms with van der Waals surface area (Å²) in [5.74, 6) is -0.585. The van der Waals surface area contributed by atoms with Crippen LogP contribution in [0.15, 0.2) is 12.1 Å². The summed E-state index contributed by atoms with van der Waals surface area (Å²) >= 11 is 11.0. The molecule has 1 aliphatic heterocycles. The van der Waals surface area contributed by atoms with E-state index in [-0.39, 0.29) is 16.0 Å². The van der Waals surface area contributed by atoms with Gasteiger partial charge in [-0.25, -0.2) is 4.39 Å². The molecule has 1 aliphatic rings. The molecule has 0 unspecified atom stereocenters. The molecule has 0 amide bonds. The third-order valence-electron chi connectivity index (χ3n) is 2.17. The molecule has 0 aromatic heterocycles. The Morgan fingerprint density at radius 2 is 2.00 bits per heavy atom. The van der Waals surface area contributed by atoms with E-state index >= 15 is 0 Å². The monoisotopic (exact) mass is 262 g/mol. The lowest BCUT2D eigenvalue weighted by Gasteiger charge is -2.08. The molecule has 1 aromatic carbocycles. The van der Waals surface area contributed by atoms with E-state index in [0.717, 1.165) is 6.07 Å². The Labute approximate surface area is 102 Å². The highest BCUT2D eigenvalue weighted by Crippen LogP contribution is 2.19. The standard InChI is InChI=1S/C9H6BCl2FO3/c11-7-4-8(13)6(3-5(7)9(12)14)10-15-1-2-16-10/h3-4H,1-2H2. The Kier molecular flexibility index (Phi) is 3.49. The van der Waals surface area contributed by atoms with Crippen molar-refractivity contribution in [1.82, 2.24) is 0 Å². The van der Waals surface area contributed by atoms with Crippen molar-refractivity contribution in [3.63, 3.8) is 0 Å². The minimum Gasteiger partial charge on any atom is -0.405 e. The molecule has 0 atom stereocenters. The summed E-state index contributed by atoms with van der Waals surface area (Å²) in [7, 11) is -0.799. The zero-order chi connectivity index (χ0) is 11.7. The van der Waals surface area contributed by atoms with Crippen molar-refractivity contribution in [1.29, 1.82) is 0 Å². The smallest absolute Gasteiger partial charge is 0.405 e. The molecule has 0 aliphatic carbocycles. The van der Waals surface area contributed by atoms with Crippen LogP contribution in [0.1, 0.15) is 10.4 Å². The molecule has 0 saturated carbocycles. The Morgan fingerprint density at radius 3 is 2.56 bits per heavy atom. The topological polar surface area (TPSA) is 35.5 Å². The van der Waals surface area contributed by atoms with Crippen LogP contribution in [0.4, 0.5) is 4.39 Å². The van der Waals surface area contributed by atoms with Crippen molar-refractivity contribution in [3.8, 4) is 0 Å². The average Bonchev–Trinajstić information content (AvgIpc) is 2.70. The van der Waals surface area contributed by atoms with Gasteiger partial charge in [0, 0.05) is 5.46 Å². The van der Waals surface area contributed by atoms with Gasteiger partial charge in [0.15, 0.2) is 0 Å². The predicted molar refractivity (Wildman–Crippen MR) is 58.9 cm³/mol. The second-order valence-electron chi connectivity index (χ2n) is 3.20. The molecule has 0 radical (unpaired) electrons. The van der Waals surface area contributed by atoms with Crippen molar-refractivity contribution in [2.24, 2.45) is 0 Å². The summed E-state index contributed by atoms with van der Waals surface area (Å²) in [6.07, 6.45) is 0. The first-order chi connectivity index (χ1) is 7.59. The fourth-order valence-electron chi connectivity index (χ4n) is 1.43. The summed E-state index contributed by atoms with van der Waals surface area (Å²) in [6, 6.07) is 2.28. The lowest BCUT2D eigenvalue weighted by Crippen LogP contribution is -2.35. The number of carbonyl (C=O) groups is 1. The molecule has 1 fully saturated rings. The molecule has 2 rings (SSSR count). The lowest BCUT2D eigenvalue weighted by molar-refractivity contribution is 0.108. The quantitative estimate of drug-likeness (QED) is 0.600. The van der Waals surface area contributed by atoms with Gasteiger partial charge in [0.2, 0.25) is 0 Å². The molecule has 0 bridgehead atoms. The van der Waals surface area contributed by atoms with Gasteiger partial charge in [-0.2, -0.15) is 0 Å². The fraction of sp³-hybridized carbons (Fsp3) is 0.222. The number of halogens is 3. The maximum atomic E-state index is 13.5. The van der Waals surface area contributed by atoms with Crippen LogP contribution < -0.4 is 5.46 Å². The molecule has 0 N–H and O–H groups in total. The first-order valence-electron chi connectivity index (χ1n) is 4.51. The van der Waals surface area contributed by atoms with Crippen LogP contribution in [0.5, 0.6) is 0 Å². The van der Waals surface area contributed by atoms with Crippen LogP contribution >= 0.6 is 23.2 Å². The minimum absolute atomic E-state index is 0.0285. The normalized spacial score (nSPS) is 15.6. The van der Waals surface area contributed by atoms with Crippen LogP contribution in [-0.4, -0.2) is 25.6 Å². The molecular weight excluding hydrogens is 257 g/mol. The third kappa shape index (κ3) is 2.22. The molecule has 7 heteroatoms. The first kappa shape index (κ1) is 11.9. The van der Waals surface area contributed by atoms with E-state index < -0.39 is 18.2 Å². The van der Waals surface area contributed by atoms with Crippen LogP contribution in [0.2, 0.25) is 5.02 Å². The van der Waals surface area contributed by atoms with E-state index in [1.807, 2.05) is 0 Å². The maximum absolute atomic E-state index is 13.5. The van der Waals surface area contributed by atoms with E-state index in [1.165, 1.54) is 6.07 Å². The third-order valence-corrected chi connectivity index (χ3v) is 2.69. The highest BCUT2D eigenvalue weighted by molar-refractivity contribution is 6.69. The van der Waals surface area contributed by atoms with Gasteiger partial charge in [0.05, 0.1) is 23.8 Å². The Bertz CT molecular complexity index is 435. The van der Waals surface area contributed by atoms with Gasteiger partial charge in [-0.1, -0.05) is 11.6 Å². The van der Waals surface area contributed by atoms with E-state index in [1.54, 1.807) is 0 Å². The van der Waals surface area contributed by atoms with Crippen LogP contribution in [0, 0.1) is 5.82 Å². The van der Waals surface area contributed by atoms with Gasteiger partial charge < -0.3 is 9.31 Å². The summed E-state index contributed by atoms with van der Waals surface area (Å²) in [5, 5.41) is -0.775. The summed E-state index contributed by atoms with van der Waals surface area (Å²) < 4.78 is 23.8. The molecule has 3 nitrogen and oxygen atoms in total. The number of benzene rings is 1. The van der Waals surface area contributed by atoms with Gasteiger partial charge in [0.1, 0.15) is 5.82 Å². The van der Waals surface area contributed by atoms with Crippen molar-refractivity contribution in [2.75, 3.05) is 13.2 Å². The molecule has 1 heterocycles. The van der Waals surface area contributed by atoms with E-state index in [4.69, 9.17) is 32.5 Å². The summed E-state index contributed by atoms with van der Waals surface area (Å²) in [6.45, 7) is 0.772. The van der Waals surface area contributed by atoms with E-state index in [9.17, 15) is 9.18 Å². The second kappa shape index (κ2) is 4.71. The van der Waals surface area contributed by atoms with Gasteiger partial charge >= 0.3 is 7.12 Å². The van der Waals surface area contributed by atoms with Crippen LogP contribution in [-0.2, 0) is 9.31 Å². The second-order valence-corrected chi connectivity index (χ2v) is 3.95. The minimum atomic E-state index is -0.799. The molecule has 16 heavy (non-hydrogen) atoms. The largest absolute Gasteiger partial charge is 0.497 e. The predicted octanol–water partition coefficient (Wildman–Crippen LogP) is 1.60. The SMILES string of the molecule is O=C(Cl)c1cc(B2OCCO2)c(F)cc1Cl. The highest BCUT2D eigenvalue weighted by atomic mass is 35.5. The Morgan fingerprint density at radius 1 is 1.38 bits per heavy atom. The van der Waals surface area contributed by atoms with Gasteiger partial charge in [0.25, 0.3) is 5.24 Å². The van der Waals surface area contributed by atoms with Crippen LogP contribution in [0.3, 0.4) is 0 Å². The highest BCUT2D eigenvalue weighted by Gasteiger charge is 2.30. The average molecular weight is 263 g/mol. The van der Waals surface area contributed by atoms with E-state index in [2.05, 4.69) is 0 Å². The Hall–Kier alpha value is -0.615. The molecule has 0 spiro atoms.